The number of amides is 2. The number of benzene rings is 1. The minimum atomic E-state index is -3.74. The van der Waals surface area contributed by atoms with E-state index in [1.165, 1.54) is 51.5 Å². The molecule has 42 heavy (non-hydrogen) atoms. The molecule has 0 spiro atoms. The second-order valence-corrected chi connectivity index (χ2v) is 14.7. The Morgan fingerprint density at radius 2 is 1.67 bits per heavy atom. The average molecular weight is 614 g/mol. The Bertz CT molecular complexity index is 1590. The van der Waals surface area contributed by atoms with Gasteiger partial charge in [-0.05, 0) is 68.0 Å². The molecule has 226 valence electrons. The Morgan fingerprint density at radius 3 is 2.19 bits per heavy atom. The molecule has 0 bridgehead atoms. The number of hydrogen-bond donors (Lipinski definition) is 1. The Hall–Kier alpha value is -3.35. The minimum Gasteiger partial charge on any atom is -0.337 e. The van der Waals surface area contributed by atoms with Crippen LogP contribution in [0.4, 0.5) is 5.00 Å². The van der Waals surface area contributed by atoms with Crippen molar-refractivity contribution in [3.8, 4) is 0 Å². The number of fused-ring (bicyclic) bond motifs is 1. The molecule has 3 heterocycles. The maximum absolute atomic E-state index is 13.7. The lowest BCUT2D eigenvalue weighted by Gasteiger charge is -2.26. The van der Waals surface area contributed by atoms with E-state index in [2.05, 4.69) is 10.4 Å². The highest BCUT2D eigenvalue weighted by Gasteiger charge is 2.31. The quantitative estimate of drug-likeness (QED) is 0.373. The van der Waals surface area contributed by atoms with Gasteiger partial charge in [0.15, 0.2) is 0 Å². The molecule has 0 saturated carbocycles. The van der Waals surface area contributed by atoms with Crippen molar-refractivity contribution >= 4 is 44.1 Å². The predicted molar refractivity (Wildman–Crippen MR) is 163 cm³/mol. The summed E-state index contributed by atoms with van der Waals surface area (Å²) in [5.74, 6) is -0.546. The number of carbonyl (C=O) groups is 3. The van der Waals surface area contributed by atoms with Gasteiger partial charge in [-0.25, -0.2) is 13.1 Å². The first-order chi connectivity index (χ1) is 19.7. The van der Waals surface area contributed by atoms with Crippen molar-refractivity contribution in [2.24, 2.45) is 11.8 Å². The van der Waals surface area contributed by atoms with E-state index in [1.54, 1.807) is 11.8 Å². The van der Waals surface area contributed by atoms with Crippen LogP contribution in [0.5, 0.6) is 0 Å². The standard InChI is InChI=1S/C30H39N5O5S2/c1-18(2)15-34(16-19(3)4)42(39,40)24-10-8-23(9-11-24)28(37)31-29-27(30(38)35-21(6)14-20(5)32-35)25-12-13-33(22(7)36)17-26(25)41-29/h8-11,14,18-19H,12-13,15-17H2,1-7H3,(H,31,37). The molecule has 4 rings (SSSR count). The fraction of sp³-hybridized carbons (Fsp3) is 0.467. The van der Waals surface area contributed by atoms with Gasteiger partial charge in [0.05, 0.1) is 22.7 Å². The predicted octanol–water partition coefficient (Wildman–Crippen LogP) is 4.71. The molecule has 1 N–H and O–H groups in total. The molecular weight excluding hydrogens is 574 g/mol. The van der Waals surface area contributed by atoms with Crippen LogP contribution in [0.2, 0.25) is 0 Å². The average Bonchev–Trinajstić information content (AvgIpc) is 3.44. The van der Waals surface area contributed by atoms with Gasteiger partial charge in [-0.2, -0.15) is 9.40 Å². The van der Waals surface area contributed by atoms with Gasteiger partial charge >= 0.3 is 0 Å². The molecule has 2 amide bonds. The molecule has 0 saturated heterocycles. The maximum atomic E-state index is 13.7. The van der Waals surface area contributed by atoms with Crippen LogP contribution >= 0.6 is 11.3 Å². The Kier molecular flexibility index (Phi) is 9.39. The summed E-state index contributed by atoms with van der Waals surface area (Å²) in [5, 5.41) is 7.62. The van der Waals surface area contributed by atoms with Crippen LogP contribution in [0.25, 0.3) is 0 Å². The van der Waals surface area contributed by atoms with Crippen molar-refractivity contribution in [3.05, 3.63) is 63.3 Å². The molecular formula is C30H39N5O5S2. The Balaban J connectivity index is 1.64. The molecule has 0 aliphatic carbocycles. The van der Waals surface area contributed by atoms with Gasteiger partial charge in [-0.3, -0.25) is 14.4 Å². The van der Waals surface area contributed by atoms with Crippen LogP contribution in [-0.2, 0) is 27.8 Å². The molecule has 0 fully saturated rings. The zero-order chi connectivity index (χ0) is 30.9. The zero-order valence-corrected chi connectivity index (χ0v) is 26.9. The number of nitrogens with zero attached hydrogens (tertiary/aromatic N) is 4. The molecule has 2 aromatic heterocycles. The summed E-state index contributed by atoms with van der Waals surface area (Å²) >= 11 is 1.27. The summed E-state index contributed by atoms with van der Waals surface area (Å²) in [6.07, 6.45) is 0.484. The van der Waals surface area contributed by atoms with Crippen molar-refractivity contribution in [1.29, 1.82) is 0 Å². The lowest BCUT2D eigenvalue weighted by Crippen LogP contribution is -2.37. The second kappa shape index (κ2) is 12.5. The number of carbonyl (C=O) groups excluding carboxylic acids is 3. The molecule has 3 aromatic rings. The van der Waals surface area contributed by atoms with Crippen LogP contribution in [0.3, 0.4) is 0 Å². The van der Waals surface area contributed by atoms with E-state index < -0.39 is 15.9 Å². The van der Waals surface area contributed by atoms with E-state index in [4.69, 9.17) is 0 Å². The highest BCUT2D eigenvalue weighted by Crippen LogP contribution is 2.38. The normalized spacial score (nSPS) is 13.6. The highest BCUT2D eigenvalue weighted by atomic mass is 32.2. The largest absolute Gasteiger partial charge is 0.337 e. The van der Waals surface area contributed by atoms with Gasteiger partial charge in [0.2, 0.25) is 15.9 Å². The van der Waals surface area contributed by atoms with Crippen molar-refractivity contribution in [3.63, 3.8) is 0 Å². The summed E-state index contributed by atoms with van der Waals surface area (Å²) in [7, 11) is -3.74. The monoisotopic (exact) mass is 613 g/mol. The Morgan fingerprint density at radius 1 is 1.05 bits per heavy atom. The maximum Gasteiger partial charge on any atom is 0.281 e. The highest BCUT2D eigenvalue weighted by molar-refractivity contribution is 7.89. The number of aryl methyl sites for hydroxylation is 2. The van der Waals surface area contributed by atoms with Crippen LogP contribution in [0, 0.1) is 25.7 Å². The Labute approximate surface area is 251 Å². The fourth-order valence-electron chi connectivity index (χ4n) is 5.11. The van der Waals surface area contributed by atoms with Crippen LogP contribution in [0.1, 0.15) is 77.2 Å². The number of thiophene rings is 1. The van der Waals surface area contributed by atoms with E-state index in [0.717, 1.165) is 10.4 Å². The number of nitrogens with one attached hydrogen (secondary N) is 1. The summed E-state index contributed by atoms with van der Waals surface area (Å²) < 4.78 is 29.6. The topological polar surface area (TPSA) is 122 Å². The molecule has 1 aliphatic heterocycles. The number of anilines is 1. The molecule has 0 atom stereocenters. The van der Waals surface area contributed by atoms with Crippen LogP contribution < -0.4 is 5.32 Å². The van der Waals surface area contributed by atoms with Crippen molar-refractivity contribution in [2.45, 2.75) is 66.3 Å². The second-order valence-electron chi connectivity index (χ2n) is 11.6. The fourth-order valence-corrected chi connectivity index (χ4v) is 8.13. The molecule has 0 radical (unpaired) electrons. The minimum absolute atomic E-state index is 0.0542. The van der Waals surface area contributed by atoms with Crippen molar-refractivity contribution in [1.82, 2.24) is 19.0 Å². The summed E-state index contributed by atoms with van der Waals surface area (Å²) in [6, 6.07) is 7.68. The first kappa shape index (κ1) is 31.6. The van der Waals surface area contributed by atoms with Crippen molar-refractivity contribution in [2.75, 3.05) is 25.0 Å². The summed E-state index contributed by atoms with van der Waals surface area (Å²) in [4.78, 5) is 41.9. The van der Waals surface area contributed by atoms with Gasteiger partial charge in [0.1, 0.15) is 5.00 Å². The molecule has 0 unspecified atom stereocenters. The summed E-state index contributed by atoms with van der Waals surface area (Å²) in [6.45, 7) is 14.7. The van der Waals surface area contributed by atoms with Crippen LogP contribution in [-0.4, -0.2) is 64.8 Å². The van der Waals surface area contributed by atoms with Gasteiger partial charge in [0, 0.05) is 42.7 Å². The van der Waals surface area contributed by atoms with E-state index in [-0.39, 0.29) is 34.1 Å². The van der Waals surface area contributed by atoms with Gasteiger partial charge in [0.25, 0.3) is 11.8 Å². The van der Waals surface area contributed by atoms with Crippen LogP contribution in [0.15, 0.2) is 35.2 Å². The number of sulfonamides is 1. The van der Waals surface area contributed by atoms with E-state index in [9.17, 15) is 22.8 Å². The lowest BCUT2D eigenvalue weighted by atomic mass is 10.0. The van der Waals surface area contributed by atoms with E-state index in [1.807, 2.05) is 40.7 Å². The lowest BCUT2D eigenvalue weighted by molar-refractivity contribution is -0.129. The van der Waals surface area contributed by atoms with E-state index in [0.29, 0.717) is 54.6 Å². The number of aromatic nitrogens is 2. The third-order valence-electron chi connectivity index (χ3n) is 7.04. The third-order valence-corrected chi connectivity index (χ3v) is 10.0. The molecule has 1 aliphatic rings. The number of rotatable bonds is 9. The van der Waals surface area contributed by atoms with Gasteiger partial charge in [-0.1, -0.05) is 27.7 Å². The van der Waals surface area contributed by atoms with E-state index >= 15 is 0 Å². The summed E-state index contributed by atoms with van der Waals surface area (Å²) in [5.41, 5.74) is 2.82. The SMILES string of the molecule is CC(=O)N1CCc2c(sc(NC(=O)c3ccc(S(=O)(=O)N(CC(C)C)CC(C)C)cc3)c2C(=O)n2nc(C)cc2C)C1. The number of hydrogen-bond acceptors (Lipinski definition) is 7. The van der Waals surface area contributed by atoms with Gasteiger partial charge in [-0.15, -0.1) is 11.3 Å². The first-order valence-electron chi connectivity index (χ1n) is 14.1. The third kappa shape index (κ3) is 6.66. The van der Waals surface area contributed by atoms with Crippen molar-refractivity contribution < 1.29 is 22.8 Å². The molecule has 12 heteroatoms. The molecule has 1 aromatic carbocycles. The smallest absolute Gasteiger partial charge is 0.281 e. The van der Waals surface area contributed by atoms with Gasteiger partial charge < -0.3 is 10.2 Å². The zero-order valence-electron chi connectivity index (χ0n) is 25.2. The molecule has 10 nitrogen and oxygen atoms in total. The first-order valence-corrected chi connectivity index (χ1v) is 16.3.